The summed E-state index contributed by atoms with van der Waals surface area (Å²) in [6.45, 7) is 10.1. The van der Waals surface area contributed by atoms with Gasteiger partial charge in [0.2, 0.25) is 0 Å². The minimum atomic E-state index is -0.689. The highest BCUT2D eigenvalue weighted by molar-refractivity contribution is 5.76. The van der Waals surface area contributed by atoms with Gasteiger partial charge < -0.3 is 5.11 Å². The van der Waals surface area contributed by atoms with E-state index in [1.807, 2.05) is 20.8 Å². The van der Waals surface area contributed by atoms with Gasteiger partial charge in [-0.2, -0.15) is 0 Å². The Labute approximate surface area is 98.1 Å². The van der Waals surface area contributed by atoms with E-state index >= 15 is 0 Å². The van der Waals surface area contributed by atoms with Gasteiger partial charge in [-0.25, -0.2) is 0 Å². The summed E-state index contributed by atoms with van der Waals surface area (Å²) in [5, 5.41) is 9.43. The Kier molecular flexibility index (Phi) is 3.61. The maximum atomic E-state index is 11.5. The Morgan fingerprint density at radius 1 is 1.56 bits per heavy atom. The van der Waals surface area contributed by atoms with E-state index in [2.05, 4.69) is 26.0 Å². The highest BCUT2D eigenvalue weighted by Gasteiger charge is 2.43. The molecule has 16 heavy (non-hydrogen) atoms. The summed E-state index contributed by atoms with van der Waals surface area (Å²) < 4.78 is 0. The Morgan fingerprint density at radius 3 is 2.56 bits per heavy atom. The fourth-order valence-electron chi connectivity index (χ4n) is 2.39. The lowest BCUT2D eigenvalue weighted by molar-refractivity contribution is -0.150. The molecule has 2 heteroatoms. The predicted molar refractivity (Wildman–Crippen MR) is 66.2 cm³/mol. The van der Waals surface area contributed by atoms with Crippen molar-refractivity contribution in [3.8, 4) is 0 Å². The van der Waals surface area contributed by atoms with E-state index < -0.39 is 11.4 Å². The van der Waals surface area contributed by atoms with Gasteiger partial charge in [0, 0.05) is 5.92 Å². The van der Waals surface area contributed by atoms with Crippen molar-refractivity contribution in [1.29, 1.82) is 0 Å². The summed E-state index contributed by atoms with van der Waals surface area (Å²) in [5.74, 6) is -0.306. The normalized spacial score (nSPS) is 34.2. The molecule has 0 spiro atoms. The highest BCUT2D eigenvalue weighted by atomic mass is 16.4. The zero-order valence-electron chi connectivity index (χ0n) is 10.9. The summed E-state index contributed by atoms with van der Waals surface area (Å²) in [5.41, 5.74) is 1.83. The van der Waals surface area contributed by atoms with Crippen LogP contribution >= 0.6 is 0 Å². The van der Waals surface area contributed by atoms with Crippen LogP contribution in [0, 0.1) is 17.3 Å². The third kappa shape index (κ3) is 2.37. The third-order valence-electron chi connectivity index (χ3n) is 3.69. The topological polar surface area (TPSA) is 37.3 Å². The van der Waals surface area contributed by atoms with Gasteiger partial charge in [0.1, 0.15) is 0 Å². The third-order valence-corrected chi connectivity index (χ3v) is 3.69. The minimum Gasteiger partial charge on any atom is -0.481 e. The van der Waals surface area contributed by atoms with Crippen LogP contribution in [0.4, 0.5) is 0 Å². The second-order valence-electron chi connectivity index (χ2n) is 5.51. The molecule has 1 rings (SSSR count). The van der Waals surface area contributed by atoms with Crippen molar-refractivity contribution in [2.45, 2.75) is 41.0 Å². The highest BCUT2D eigenvalue weighted by Crippen LogP contribution is 2.43. The van der Waals surface area contributed by atoms with E-state index in [0.29, 0.717) is 5.92 Å². The monoisotopic (exact) mass is 222 g/mol. The molecule has 0 saturated heterocycles. The summed E-state index contributed by atoms with van der Waals surface area (Å²) in [7, 11) is 0. The lowest BCUT2D eigenvalue weighted by Gasteiger charge is -2.38. The Morgan fingerprint density at radius 2 is 2.12 bits per heavy atom. The molecule has 2 nitrogen and oxygen atoms in total. The van der Waals surface area contributed by atoms with Crippen molar-refractivity contribution in [2.75, 3.05) is 0 Å². The summed E-state index contributed by atoms with van der Waals surface area (Å²) in [6.07, 6.45) is 4.91. The first-order chi connectivity index (χ1) is 7.27. The molecule has 1 aliphatic rings. The molecule has 0 radical (unpaired) electrons. The maximum Gasteiger partial charge on any atom is 0.310 e. The molecule has 0 aromatic rings. The average molecular weight is 222 g/mol. The second-order valence-corrected chi connectivity index (χ2v) is 5.51. The average Bonchev–Trinajstić information content (AvgIpc) is 2.13. The minimum absolute atomic E-state index is 0.0196. The molecule has 90 valence electrons. The van der Waals surface area contributed by atoms with E-state index in [1.165, 1.54) is 11.1 Å². The van der Waals surface area contributed by atoms with Crippen LogP contribution in [-0.2, 0) is 4.79 Å². The van der Waals surface area contributed by atoms with Crippen LogP contribution < -0.4 is 0 Å². The van der Waals surface area contributed by atoms with Crippen LogP contribution in [0.15, 0.2) is 23.3 Å². The van der Waals surface area contributed by atoms with Gasteiger partial charge in [-0.3, -0.25) is 4.79 Å². The van der Waals surface area contributed by atoms with Crippen molar-refractivity contribution in [1.82, 2.24) is 0 Å². The molecule has 0 saturated carbocycles. The molecule has 0 amide bonds. The molecular formula is C14H22O2. The molecular weight excluding hydrogens is 200 g/mol. The van der Waals surface area contributed by atoms with Crippen LogP contribution in [0.5, 0.6) is 0 Å². The van der Waals surface area contributed by atoms with Crippen LogP contribution in [-0.4, -0.2) is 11.1 Å². The quantitative estimate of drug-likeness (QED) is 0.724. The zero-order chi connectivity index (χ0) is 12.5. The first kappa shape index (κ1) is 13.0. The Bertz CT molecular complexity index is 348. The number of carboxylic acids is 1. The summed E-state index contributed by atoms with van der Waals surface area (Å²) in [6, 6.07) is 0. The molecule has 1 N–H and O–H groups in total. The van der Waals surface area contributed by atoms with Crippen molar-refractivity contribution >= 4 is 5.97 Å². The predicted octanol–water partition coefficient (Wildman–Crippen LogP) is 3.65. The number of hydrogen-bond donors (Lipinski definition) is 1. The van der Waals surface area contributed by atoms with Crippen LogP contribution in [0.3, 0.4) is 0 Å². The van der Waals surface area contributed by atoms with E-state index in [4.69, 9.17) is 0 Å². The SMILES string of the molecule is CC(C)=CC1C=C(C)C(C)CC1(C)C(=O)O. The summed E-state index contributed by atoms with van der Waals surface area (Å²) >= 11 is 0. The van der Waals surface area contributed by atoms with Gasteiger partial charge in [-0.05, 0) is 40.0 Å². The van der Waals surface area contributed by atoms with Gasteiger partial charge in [0.25, 0.3) is 0 Å². The van der Waals surface area contributed by atoms with E-state index in [1.54, 1.807) is 0 Å². The fraction of sp³-hybridized carbons (Fsp3) is 0.643. The van der Waals surface area contributed by atoms with Crippen molar-refractivity contribution in [3.05, 3.63) is 23.3 Å². The molecule has 0 aromatic carbocycles. The van der Waals surface area contributed by atoms with E-state index in [-0.39, 0.29) is 5.92 Å². The van der Waals surface area contributed by atoms with Gasteiger partial charge in [-0.1, -0.05) is 30.2 Å². The second kappa shape index (κ2) is 4.44. The largest absolute Gasteiger partial charge is 0.481 e. The number of carbonyl (C=O) groups is 1. The number of carboxylic acid groups (broad SMARTS) is 1. The van der Waals surface area contributed by atoms with Crippen LogP contribution in [0.1, 0.15) is 41.0 Å². The lowest BCUT2D eigenvalue weighted by atomic mass is 9.65. The fourth-order valence-corrected chi connectivity index (χ4v) is 2.39. The molecule has 0 heterocycles. The number of aliphatic carboxylic acids is 1. The van der Waals surface area contributed by atoms with Crippen molar-refractivity contribution in [2.24, 2.45) is 17.3 Å². The number of allylic oxidation sites excluding steroid dienone is 4. The standard InChI is InChI=1S/C14H22O2/c1-9(2)6-12-7-10(3)11(4)8-14(12,5)13(15)16/h6-7,11-12H,8H2,1-5H3,(H,15,16). The van der Waals surface area contributed by atoms with Crippen LogP contribution in [0.2, 0.25) is 0 Å². The molecule has 1 aliphatic carbocycles. The van der Waals surface area contributed by atoms with Gasteiger partial charge in [0.15, 0.2) is 0 Å². The molecule has 0 fully saturated rings. The van der Waals surface area contributed by atoms with Gasteiger partial charge in [-0.15, -0.1) is 0 Å². The van der Waals surface area contributed by atoms with Crippen molar-refractivity contribution in [3.63, 3.8) is 0 Å². The first-order valence-electron chi connectivity index (χ1n) is 5.84. The first-order valence-corrected chi connectivity index (χ1v) is 5.84. The Balaban J connectivity index is 3.17. The molecule has 0 bridgehead atoms. The molecule has 3 atom stereocenters. The van der Waals surface area contributed by atoms with Gasteiger partial charge in [0.05, 0.1) is 5.41 Å². The lowest BCUT2D eigenvalue weighted by Crippen LogP contribution is -2.39. The zero-order valence-corrected chi connectivity index (χ0v) is 10.9. The van der Waals surface area contributed by atoms with E-state index in [9.17, 15) is 9.90 Å². The molecule has 0 aromatic heterocycles. The van der Waals surface area contributed by atoms with E-state index in [0.717, 1.165) is 6.42 Å². The smallest absolute Gasteiger partial charge is 0.310 e. The van der Waals surface area contributed by atoms with Crippen molar-refractivity contribution < 1.29 is 9.90 Å². The molecule has 0 aliphatic heterocycles. The number of rotatable bonds is 2. The Hall–Kier alpha value is -1.05. The maximum absolute atomic E-state index is 11.5. The van der Waals surface area contributed by atoms with Crippen LogP contribution in [0.25, 0.3) is 0 Å². The van der Waals surface area contributed by atoms with Gasteiger partial charge >= 0.3 is 5.97 Å². The molecule has 3 unspecified atom stereocenters. The summed E-state index contributed by atoms with van der Waals surface area (Å²) in [4.78, 5) is 11.5. The number of hydrogen-bond acceptors (Lipinski definition) is 1.